The third-order valence-corrected chi connectivity index (χ3v) is 5.33. The van der Waals surface area contributed by atoms with Gasteiger partial charge in [-0.2, -0.15) is 0 Å². The standard InChI is InChI=1S/C20H27N3O5S/c1-14(2)28-16-6-8-17(9-7-16)29(26,27)23-18-10-5-15(13-21-18)19(25)22-20(3,4)11-12-24/h5-10,13-14,24H,11-12H2,1-4H3,(H,21,23)(H,22,25). The molecule has 0 aliphatic rings. The van der Waals surface area contributed by atoms with Crippen molar-refractivity contribution in [2.45, 2.75) is 50.7 Å². The van der Waals surface area contributed by atoms with Crippen LogP contribution in [0, 0.1) is 0 Å². The lowest BCUT2D eigenvalue weighted by Gasteiger charge is -2.25. The Kier molecular flexibility index (Phi) is 7.21. The Balaban J connectivity index is 2.07. The maximum absolute atomic E-state index is 12.5. The van der Waals surface area contributed by atoms with Gasteiger partial charge < -0.3 is 15.2 Å². The number of rotatable bonds is 9. The van der Waals surface area contributed by atoms with E-state index in [0.717, 1.165) is 0 Å². The van der Waals surface area contributed by atoms with Gasteiger partial charge >= 0.3 is 0 Å². The molecule has 8 nitrogen and oxygen atoms in total. The van der Waals surface area contributed by atoms with Crippen molar-refractivity contribution in [1.82, 2.24) is 10.3 Å². The van der Waals surface area contributed by atoms with E-state index in [1.165, 1.54) is 30.5 Å². The molecule has 1 heterocycles. The number of pyridine rings is 1. The highest BCUT2D eigenvalue weighted by Crippen LogP contribution is 2.19. The van der Waals surface area contributed by atoms with Crippen molar-refractivity contribution in [2.24, 2.45) is 0 Å². The minimum Gasteiger partial charge on any atom is -0.491 e. The number of aliphatic hydroxyl groups excluding tert-OH is 1. The highest BCUT2D eigenvalue weighted by molar-refractivity contribution is 7.92. The monoisotopic (exact) mass is 421 g/mol. The molecule has 0 radical (unpaired) electrons. The quantitative estimate of drug-likeness (QED) is 0.573. The number of anilines is 1. The molecule has 0 aliphatic carbocycles. The molecule has 0 saturated carbocycles. The Bertz CT molecular complexity index is 924. The molecule has 0 atom stereocenters. The van der Waals surface area contributed by atoms with E-state index in [1.807, 2.05) is 13.8 Å². The second-order valence-electron chi connectivity index (χ2n) is 7.49. The lowest BCUT2D eigenvalue weighted by molar-refractivity contribution is 0.0899. The van der Waals surface area contributed by atoms with E-state index in [0.29, 0.717) is 12.2 Å². The summed E-state index contributed by atoms with van der Waals surface area (Å²) in [6.45, 7) is 7.32. The first-order valence-electron chi connectivity index (χ1n) is 9.21. The summed E-state index contributed by atoms with van der Waals surface area (Å²) in [6, 6.07) is 8.97. The minimum atomic E-state index is -3.82. The normalized spacial score (nSPS) is 11.9. The molecule has 0 aliphatic heterocycles. The van der Waals surface area contributed by atoms with Gasteiger partial charge in [-0.05, 0) is 70.5 Å². The number of benzene rings is 1. The van der Waals surface area contributed by atoms with E-state index in [4.69, 9.17) is 9.84 Å². The first-order valence-corrected chi connectivity index (χ1v) is 10.7. The number of ether oxygens (including phenoxy) is 1. The third-order valence-electron chi connectivity index (χ3n) is 3.96. The largest absolute Gasteiger partial charge is 0.491 e. The topological polar surface area (TPSA) is 118 Å². The SMILES string of the molecule is CC(C)Oc1ccc(S(=O)(=O)Nc2ccc(C(=O)NC(C)(C)CCO)cn2)cc1. The zero-order valence-electron chi connectivity index (χ0n) is 17.0. The zero-order chi connectivity index (χ0) is 21.7. The molecule has 158 valence electrons. The molecule has 2 rings (SSSR count). The molecule has 0 spiro atoms. The van der Waals surface area contributed by atoms with Crippen LogP contribution in [0.3, 0.4) is 0 Å². The number of hydrogen-bond donors (Lipinski definition) is 3. The van der Waals surface area contributed by atoms with E-state index in [1.54, 1.807) is 26.0 Å². The van der Waals surface area contributed by atoms with Crippen molar-refractivity contribution in [2.75, 3.05) is 11.3 Å². The number of nitrogens with one attached hydrogen (secondary N) is 2. The lowest BCUT2D eigenvalue weighted by atomic mass is 10.0. The van der Waals surface area contributed by atoms with Crippen LogP contribution in [0.15, 0.2) is 47.5 Å². The van der Waals surface area contributed by atoms with Crippen LogP contribution in [-0.2, 0) is 10.0 Å². The summed E-state index contributed by atoms with van der Waals surface area (Å²) in [5.41, 5.74) is -0.286. The van der Waals surface area contributed by atoms with E-state index < -0.39 is 15.6 Å². The van der Waals surface area contributed by atoms with Crippen molar-refractivity contribution in [3.63, 3.8) is 0 Å². The molecule has 0 saturated heterocycles. The molecule has 0 fully saturated rings. The first-order chi connectivity index (χ1) is 13.5. The van der Waals surface area contributed by atoms with Crippen LogP contribution >= 0.6 is 0 Å². The van der Waals surface area contributed by atoms with E-state index >= 15 is 0 Å². The Labute approximate surface area is 171 Å². The van der Waals surface area contributed by atoms with Gasteiger partial charge in [0.15, 0.2) is 0 Å². The summed E-state index contributed by atoms with van der Waals surface area (Å²) in [5, 5.41) is 11.8. The lowest BCUT2D eigenvalue weighted by Crippen LogP contribution is -2.44. The van der Waals surface area contributed by atoms with Crippen LogP contribution < -0.4 is 14.8 Å². The molecule has 29 heavy (non-hydrogen) atoms. The summed E-state index contributed by atoms with van der Waals surface area (Å²) in [5.74, 6) is 0.321. The highest BCUT2D eigenvalue weighted by Gasteiger charge is 2.21. The highest BCUT2D eigenvalue weighted by atomic mass is 32.2. The Morgan fingerprint density at radius 2 is 1.83 bits per heavy atom. The van der Waals surface area contributed by atoms with Gasteiger partial charge in [-0.25, -0.2) is 13.4 Å². The Morgan fingerprint density at radius 3 is 2.34 bits per heavy atom. The molecule has 2 aromatic rings. The van der Waals surface area contributed by atoms with Gasteiger partial charge in [0, 0.05) is 18.3 Å². The number of sulfonamides is 1. The van der Waals surface area contributed by atoms with E-state index in [-0.39, 0.29) is 34.9 Å². The number of aromatic nitrogens is 1. The molecule has 9 heteroatoms. The smallest absolute Gasteiger partial charge is 0.263 e. The molecule has 1 aromatic heterocycles. The predicted molar refractivity (Wildman–Crippen MR) is 110 cm³/mol. The fraction of sp³-hybridized carbons (Fsp3) is 0.400. The van der Waals surface area contributed by atoms with E-state index in [2.05, 4.69) is 15.0 Å². The van der Waals surface area contributed by atoms with Crippen LogP contribution in [0.4, 0.5) is 5.82 Å². The summed E-state index contributed by atoms with van der Waals surface area (Å²) < 4.78 is 32.9. The maximum Gasteiger partial charge on any atom is 0.263 e. The van der Waals surface area contributed by atoms with Crippen molar-refractivity contribution in [3.8, 4) is 5.75 Å². The zero-order valence-corrected chi connectivity index (χ0v) is 17.8. The maximum atomic E-state index is 12.5. The van der Waals surface area contributed by atoms with Gasteiger partial charge in [0.1, 0.15) is 11.6 Å². The van der Waals surface area contributed by atoms with E-state index in [9.17, 15) is 13.2 Å². The molecule has 1 aromatic carbocycles. The summed E-state index contributed by atoms with van der Waals surface area (Å²) in [7, 11) is -3.82. The second-order valence-corrected chi connectivity index (χ2v) is 9.17. The number of carbonyl (C=O) groups is 1. The van der Waals surface area contributed by atoms with Crippen molar-refractivity contribution in [3.05, 3.63) is 48.2 Å². The van der Waals surface area contributed by atoms with Gasteiger partial charge in [0.2, 0.25) is 0 Å². The third kappa shape index (κ3) is 6.72. The predicted octanol–water partition coefficient (Wildman–Crippen LogP) is 2.56. The van der Waals surface area contributed by atoms with Crippen LogP contribution in [0.1, 0.15) is 44.5 Å². The van der Waals surface area contributed by atoms with Crippen molar-refractivity contribution >= 4 is 21.7 Å². The van der Waals surface area contributed by atoms with Crippen molar-refractivity contribution in [1.29, 1.82) is 0 Å². The fourth-order valence-corrected chi connectivity index (χ4v) is 3.48. The number of aliphatic hydroxyl groups is 1. The number of carbonyl (C=O) groups excluding carboxylic acids is 1. The molecule has 3 N–H and O–H groups in total. The van der Waals surface area contributed by atoms with Crippen molar-refractivity contribution < 1.29 is 23.1 Å². The van der Waals surface area contributed by atoms with Crippen LogP contribution in [-0.4, -0.2) is 42.7 Å². The molecule has 0 unspecified atom stereocenters. The summed E-state index contributed by atoms with van der Waals surface area (Å²) in [6.07, 6.45) is 1.69. The average Bonchev–Trinajstić information content (AvgIpc) is 2.61. The summed E-state index contributed by atoms with van der Waals surface area (Å²) in [4.78, 5) is 16.4. The average molecular weight is 422 g/mol. The minimum absolute atomic E-state index is 0.00953. The van der Waals surface area contributed by atoms with Gasteiger partial charge in [0.25, 0.3) is 15.9 Å². The summed E-state index contributed by atoms with van der Waals surface area (Å²) >= 11 is 0. The molecule has 1 amide bonds. The Hall–Kier alpha value is -2.65. The second kappa shape index (κ2) is 9.23. The first kappa shape index (κ1) is 22.6. The van der Waals surface area contributed by atoms with Gasteiger partial charge in [0.05, 0.1) is 16.6 Å². The van der Waals surface area contributed by atoms with Gasteiger partial charge in [-0.3, -0.25) is 9.52 Å². The van der Waals surface area contributed by atoms with Crippen LogP contribution in [0.25, 0.3) is 0 Å². The van der Waals surface area contributed by atoms with Crippen LogP contribution in [0.5, 0.6) is 5.75 Å². The molecular formula is C20H27N3O5S. The van der Waals surface area contributed by atoms with Gasteiger partial charge in [-0.15, -0.1) is 0 Å². The Morgan fingerprint density at radius 1 is 1.17 bits per heavy atom. The number of amides is 1. The van der Waals surface area contributed by atoms with Crippen LogP contribution in [0.2, 0.25) is 0 Å². The van der Waals surface area contributed by atoms with Gasteiger partial charge in [-0.1, -0.05) is 0 Å². The number of nitrogens with zero attached hydrogens (tertiary/aromatic N) is 1. The fourth-order valence-electron chi connectivity index (χ4n) is 2.48. The molecular weight excluding hydrogens is 394 g/mol. The number of hydrogen-bond acceptors (Lipinski definition) is 6. The molecule has 0 bridgehead atoms.